The summed E-state index contributed by atoms with van der Waals surface area (Å²) in [7, 11) is 1.67. The van der Waals surface area contributed by atoms with Crippen LogP contribution in [0, 0.1) is 0 Å². The number of aromatic nitrogens is 2. The highest BCUT2D eigenvalue weighted by Crippen LogP contribution is 2.44. The van der Waals surface area contributed by atoms with Gasteiger partial charge in [-0.25, -0.2) is 4.79 Å². The van der Waals surface area contributed by atoms with E-state index in [4.69, 9.17) is 9.84 Å². The topological polar surface area (TPSA) is 123 Å². The number of hydrogen-bond donors (Lipinski definition) is 3. The Bertz CT molecular complexity index is 1190. The van der Waals surface area contributed by atoms with Crippen LogP contribution in [0.3, 0.4) is 0 Å². The Morgan fingerprint density at radius 2 is 1.66 bits per heavy atom. The molecule has 4 rings (SSSR count). The molecule has 0 saturated heterocycles. The number of rotatable bonds is 9. The highest BCUT2D eigenvalue weighted by atomic mass is 16.5. The molecule has 1 aromatic heterocycles. The average molecular weight is 477 g/mol. The van der Waals surface area contributed by atoms with E-state index in [9.17, 15) is 14.4 Å². The first kappa shape index (κ1) is 24.0. The molecule has 0 aliphatic heterocycles. The van der Waals surface area contributed by atoms with Crippen LogP contribution in [0.25, 0.3) is 11.1 Å². The zero-order chi connectivity index (χ0) is 24.9. The molecule has 2 unspecified atom stereocenters. The highest BCUT2D eigenvalue weighted by Gasteiger charge is 2.31. The summed E-state index contributed by atoms with van der Waals surface area (Å²) in [5, 5.41) is 18.4. The minimum absolute atomic E-state index is 0.0718. The number of carbonyl (C=O) groups is 3. The number of carboxylic acid groups (broad SMARTS) is 1. The van der Waals surface area contributed by atoms with Crippen LogP contribution in [0.5, 0.6) is 0 Å². The maximum Gasteiger partial charge on any atom is 0.408 e. The van der Waals surface area contributed by atoms with E-state index in [1.807, 2.05) is 36.4 Å². The molecule has 9 heteroatoms. The molecular weight excluding hydrogens is 448 g/mol. The van der Waals surface area contributed by atoms with E-state index >= 15 is 0 Å². The minimum atomic E-state index is -1.05. The number of amides is 2. The first-order valence-corrected chi connectivity index (χ1v) is 11.5. The van der Waals surface area contributed by atoms with E-state index in [1.54, 1.807) is 20.0 Å². The molecule has 1 heterocycles. The summed E-state index contributed by atoms with van der Waals surface area (Å²) in [4.78, 5) is 36.7. The molecule has 1 aliphatic rings. The number of carboxylic acids is 1. The van der Waals surface area contributed by atoms with Gasteiger partial charge in [-0.3, -0.25) is 14.3 Å². The van der Waals surface area contributed by atoms with Gasteiger partial charge in [0.15, 0.2) is 6.04 Å². The van der Waals surface area contributed by atoms with Crippen molar-refractivity contribution in [3.05, 3.63) is 77.6 Å². The minimum Gasteiger partial charge on any atom is -0.481 e. The van der Waals surface area contributed by atoms with Gasteiger partial charge < -0.3 is 20.5 Å². The van der Waals surface area contributed by atoms with Crippen molar-refractivity contribution in [3.8, 4) is 11.1 Å². The first-order valence-electron chi connectivity index (χ1n) is 11.5. The SMILES string of the molecule is CC(CCC(=O)O)NC(=O)C(NC(=O)OCC1c2ccccc2-c2ccccc21)c1ccnn1C. The molecule has 0 radical (unpaired) electrons. The number of aliphatic carboxylic acids is 1. The van der Waals surface area contributed by atoms with E-state index in [1.165, 1.54) is 10.9 Å². The number of aryl methyl sites for hydroxylation is 1. The summed E-state index contributed by atoms with van der Waals surface area (Å²) in [6.45, 7) is 1.84. The number of fused-ring (bicyclic) bond motifs is 3. The van der Waals surface area contributed by atoms with Crippen LogP contribution in [0.4, 0.5) is 4.79 Å². The zero-order valence-corrected chi connectivity index (χ0v) is 19.6. The van der Waals surface area contributed by atoms with Crippen molar-refractivity contribution in [3.63, 3.8) is 0 Å². The maximum absolute atomic E-state index is 13.0. The lowest BCUT2D eigenvalue weighted by Gasteiger charge is -2.22. The van der Waals surface area contributed by atoms with Crippen LogP contribution in [-0.2, 0) is 21.4 Å². The standard InChI is InChI=1S/C26H28N4O5/c1-16(11-12-23(31)32)28-25(33)24(22-13-14-27-30(22)2)29-26(34)35-15-21-19-9-5-3-7-17(19)18-8-4-6-10-20(18)21/h3-10,13-14,16,21,24H,11-12,15H2,1-2H3,(H,28,33)(H,29,34)(H,31,32). The molecule has 1 aliphatic carbocycles. The number of benzene rings is 2. The van der Waals surface area contributed by atoms with E-state index in [-0.39, 0.29) is 25.4 Å². The number of nitrogens with one attached hydrogen (secondary N) is 2. The lowest BCUT2D eigenvalue weighted by Crippen LogP contribution is -2.44. The van der Waals surface area contributed by atoms with Crippen LogP contribution in [0.2, 0.25) is 0 Å². The molecule has 35 heavy (non-hydrogen) atoms. The molecule has 182 valence electrons. The van der Waals surface area contributed by atoms with Gasteiger partial charge in [-0.05, 0) is 41.7 Å². The van der Waals surface area contributed by atoms with Gasteiger partial charge in [0.25, 0.3) is 0 Å². The second-order valence-electron chi connectivity index (χ2n) is 8.62. The smallest absolute Gasteiger partial charge is 0.408 e. The Morgan fingerprint density at radius 1 is 1.03 bits per heavy atom. The molecule has 2 aromatic carbocycles. The van der Waals surface area contributed by atoms with Crippen LogP contribution < -0.4 is 10.6 Å². The first-order chi connectivity index (χ1) is 16.8. The normalized spacial score (nSPS) is 13.9. The zero-order valence-electron chi connectivity index (χ0n) is 19.6. The highest BCUT2D eigenvalue weighted by molar-refractivity contribution is 5.87. The average Bonchev–Trinajstić information content (AvgIpc) is 3.41. The Morgan fingerprint density at radius 3 is 2.23 bits per heavy atom. The molecule has 3 aromatic rings. The molecule has 0 bridgehead atoms. The molecule has 2 amide bonds. The lowest BCUT2D eigenvalue weighted by atomic mass is 9.98. The van der Waals surface area contributed by atoms with Gasteiger partial charge in [-0.15, -0.1) is 0 Å². The van der Waals surface area contributed by atoms with Crippen molar-refractivity contribution in [2.24, 2.45) is 7.05 Å². The molecule has 9 nitrogen and oxygen atoms in total. The summed E-state index contributed by atoms with van der Waals surface area (Å²) in [5.41, 5.74) is 4.91. The quantitative estimate of drug-likeness (QED) is 0.435. The summed E-state index contributed by atoms with van der Waals surface area (Å²) < 4.78 is 7.10. The van der Waals surface area contributed by atoms with Gasteiger partial charge >= 0.3 is 12.1 Å². The fourth-order valence-corrected chi connectivity index (χ4v) is 4.44. The number of ether oxygens (including phenoxy) is 1. The number of carbonyl (C=O) groups excluding carboxylic acids is 2. The maximum atomic E-state index is 13.0. The second-order valence-corrected chi connectivity index (χ2v) is 8.62. The van der Waals surface area contributed by atoms with Crippen molar-refractivity contribution in [1.82, 2.24) is 20.4 Å². The Hall–Kier alpha value is -4.14. The van der Waals surface area contributed by atoms with E-state index in [2.05, 4.69) is 27.9 Å². The van der Waals surface area contributed by atoms with Gasteiger partial charge in [-0.2, -0.15) is 5.10 Å². The van der Waals surface area contributed by atoms with Crippen molar-refractivity contribution >= 4 is 18.0 Å². The lowest BCUT2D eigenvalue weighted by molar-refractivity contribution is -0.137. The number of hydrogen-bond acceptors (Lipinski definition) is 5. The summed E-state index contributed by atoms with van der Waals surface area (Å²) in [5.74, 6) is -1.51. The molecule has 3 N–H and O–H groups in total. The van der Waals surface area contributed by atoms with Crippen LogP contribution in [0.1, 0.15) is 48.5 Å². The number of alkyl carbamates (subject to hydrolysis) is 1. The summed E-state index contributed by atoms with van der Waals surface area (Å²) in [6, 6.07) is 16.3. The second kappa shape index (κ2) is 10.4. The fourth-order valence-electron chi connectivity index (χ4n) is 4.44. The van der Waals surface area contributed by atoms with Crippen molar-refractivity contribution in [1.29, 1.82) is 0 Å². The molecule has 0 saturated carbocycles. The number of nitrogens with zero attached hydrogens (tertiary/aromatic N) is 2. The monoisotopic (exact) mass is 476 g/mol. The van der Waals surface area contributed by atoms with Crippen LogP contribution in [0.15, 0.2) is 60.8 Å². The van der Waals surface area contributed by atoms with Gasteiger partial charge in [0.2, 0.25) is 5.91 Å². The third-order valence-electron chi connectivity index (χ3n) is 6.20. The largest absolute Gasteiger partial charge is 0.481 e. The van der Waals surface area contributed by atoms with Gasteiger partial charge in [0.05, 0.1) is 5.69 Å². The van der Waals surface area contributed by atoms with E-state index in [0.717, 1.165) is 22.3 Å². The van der Waals surface area contributed by atoms with E-state index in [0.29, 0.717) is 5.69 Å². The van der Waals surface area contributed by atoms with Crippen LogP contribution in [-0.4, -0.2) is 45.5 Å². The van der Waals surface area contributed by atoms with E-state index < -0.39 is 30.1 Å². The van der Waals surface area contributed by atoms with Crippen molar-refractivity contribution in [2.75, 3.05) is 6.61 Å². The van der Waals surface area contributed by atoms with Crippen molar-refractivity contribution in [2.45, 2.75) is 37.8 Å². The third kappa shape index (κ3) is 5.34. The Kier molecular flexibility index (Phi) is 7.14. The fraction of sp³-hybridized carbons (Fsp3) is 0.308. The van der Waals surface area contributed by atoms with Gasteiger partial charge in [-0.1, -0.05) is 48.5 Å². The molecule has 2 atom stereocenters. The summed E-state index contributed by atoms with van der Waals surface area (Å²) >= 11 is 0. The third-order valence-corrected chi connectivity index (χ3v) is 6.20. The molecular formula is C26H28N4O5. The molecule has 0 fully saturated rings. The Balaban J connectivity index is 1.45. The predicted molar refractivity (Wildman–Crippen MR) is 129 cm³/mol. The van der Waals surface area contributed by atoms with Crippen LogP contribution >= 0.6 is 0 Å². The predicted octanol–water partition coefficient (Wildman–Crippen LogP) is 3.37. The van der Waals surface area contributed by atoms with Crippen molar-refractivity contribution < 1.29 is 24.2 Å². The van der Waals surface area contributed by atoms with Gasteiger partial charge in [0, 0.05) is 31.6 Å². The molecule has 0 spiro atoms. The Labute approximate surface area is 203 Å². The van der Waals surface area contributed by atoms with Gasteiger partial charge in [0.1, 0.15) is 6.61 Å². The summed E-state index contributed by atoms with van der Waals surface area (Å²) in [6.07, 6.45) is 0.997.